The van der Waals surface area contributed by atoms with Gasteiger partial charge in [0.05, 0.1) is 47.8 Å². The van der Waals surface area contributed by atoms with Crippen LogP contribution in [0.1, 0.15) is 20.7 Å². The van der Waals surface area contributed by atoms with E-state index in [0.29, 0.717) is 11.1 Å². The Bertz CT molecular complexity index is 1060. The van der Waals surface area contributed by atoms with Gasteiger partial charge in [-0.3, -0.25) is 0 Å². The minimum atomic E-state index is -0.408. The van der Waals surface area contributed by atoms with Gasteiger partial charge in [0.1, 0.15) is 0 Å². The minimum absolute atomic E-state index is 0.408. The summed E-state index contributed by atoms with van der Waals surface area (Å²) >= 11 is 0. The molecule has 6 nitrogen and oxygen atoms in total. The van der Waals surface area contributed by atoms with Crippen molar-refractivity contribution in [2.45, 2.75) is 0 Å². The monoisotopic (exact) mass is 348 g/mol. The molecule has 0 aliphatic carbocycles. The highest BCUT2D eigenvalue weighted by Crippen LogP contribution is 2.30. The lowest BCUT2D eigenvalue weighted by Gasteiger charge is -2.04. The van der Waals surface area contributed by atoms with Crippen molar-refractivity contribution >= 4 is 23.0 Å². The predicted molar refractivity (Wildman–Crippen MR) is 96.5 cm³/mol. The third-order valence-corrected chi connectivity index (χ3v) is 4.43. The van der Waals surface area contributed by atoms with E-state index in [1.54, 1.807) is 12.1 Å². The molecule has 0 aliphatic heterocycles. The van der Waals surface area contributed by atoms with E-state index < -0.39 is 11.9 Å². The molecule has 0 unspecified atom stereocenters. The standard InChI is InChI=1S/C20H16N2O4/c1-25-19(23)13-11-17(21-9-5-3-7-15(13)21)18-12-14(20(24)26-2)16-8-4-6-10-22(16)18/h3-12H,1-2H3. The fourth-order valence-corrected chi connectivity index (χ4v) is 3.25. The maximum absolute atomic E-state index is 12.2. The number of hydrogen-bond donors (Lipinski definition) is 0. The minimum Gasteiger partial charge on any atom is -0.465 e. The molecule has 0 saturated carbocycles. The SMILES string of the molecule is COC(=O)c1cc(-c2cc(C(=O)OC)c3ccccn23)n2ccccc12. The Hall–Kier alpha value is -3.54. The lowest BCUT2D eigenvalue weighted by atomic mass is 10.2. The molecule has 0 bridgehead atoms. The largest absolute Gasteiger partial charge is 0.465 e. The maximum Gasteiger partial charge on any atom is 0.340 e. The van der Waals surface area contributed by atoms with E-state index >= 15 is 0 Å². The van der Waals surface area contributed by atoms with Crippen LogP contribution in [0.4, 0.5) is 0 Å². The average Bonchev–Trinajstić information content (AvgIpc) is 3.25. The van der Waals surface area contributed by atoms with E-state index in [9.17, 15) is 9.59 Å². The number of nitrogens with zero attached hydrogens (tertiary/aromatic N) is 2. The van der Waals surface area contributed by atoms with E-state index in [1.807, 2.05) is 57.6 Å². The quantitative estimate of drug-likeness (QED) is 0.532. The second-order valence-corrected chi connectivity index (χ2v) is 5.78. The Morgan fingerprint density at radius 1 is 0.731 bits per heavy atom. The second kappa shape index (κ2) is 6.07. The summed E-state index contributed by atoms with van der Waals surface area (Å²) in [6.45, 7) is 0. The summed E-state index contributed by atoms with van der Waals surface area (Å²) in [6.07, 6.45) is 3.74. The van der Waals surface area contributed by atoms with Gasteiger partial charge in [-0.05, 0) is 36.4 Å². The average molecular weight is 348 g/mol. The number of rotatable bonds is 3. The van der Waals surface area contributed by atoms with Crippen LogP contribution in [-0.2, 0) is 9.47 Å². The molecule has 0 atom stereocenters. The first-order valence-electron chi connectivity index (χ1n) is 8.03. The summed E-state index contributed by atoms with van der Waals surface area (Å²) in [7, 11) is 2.72. The van der Waals surface area contributed by atoms with Crippen LogP contribution in [0.15, 0.2) is 60.9 Å². The van der Waals surface area contributed by atoms with Gasteiger partial charge in [0, 0.05) is 12.4 Å². The molecule has 6 heteroatoms. The predicted octanol–water partition coefficient (Wildman–Crippen LogP) is 3.43. The van der Waals surface area contributed by atoms with Crippen molar-refractivity contribution in [1.29, 1.82) is 0 Å². The summed E-state index contributed by atoms with van der Waals surface area (Å²) in [4.78, 5) is 24.4. The first-order valence-corrected chi connectivity index (χ1v) is 8.03. The van der Waals surface area contributed by atoms with Gasteiger partial charge in [-0.1, -0.05) is 12.1 Å². The van der Waals surface area contributed by atoms with E-state index in [1.165, 1.54) is 14.2 Å². The van der Waals surface area contributed by atoms with Crippen molar-refractivity contribution in [1.82, 2.24) is 8.80 Å². The number of carbonyl (C=O) groups is 2. The van der Waals surface area contributed by atoms with Gasteiger partial charge in [0.2, 0.25) is 0 Å². The highest BCUT2D eigenvalue weighted by atomic mass is 16.5. The van der Waals surface area contributed by atoms with Gasteiger partial charge in [0.25, 0.3) is 0 Å². The van der Waals surface area contributed by atoms with E-state index in [-0.39, 0.29) is 0 Å². The summed E-state index contributed by atoms with van der Waals surface area (Å²) in [5, 5.41) is 0. The smallest absolute Gasteiger partial charge is 0.340 e. The molecule has 4 rings (SSSR count). The number of ether oxygens (including phenoxy) is 2. The number of methoxy groups -OCH3 is 2. The van der Waals surface area contributed by atoms with Crippen molar-refractivity contribution in [2.24, 2.45) is 0 Å². The molecule has 26 heavy (non-hydrogen) atoms. The van der Waals surface area contributed by atoms with Crippen molar-refractivity contribution < 1.29 is 19.1 Å². The first-order chi connectivity index (χ1) is 12.7. The topological polar surface area (TPSA) is 61.4 Å². The summed E-state index contributed by atoms with van der Waals surface area (Å²) in [5.74, 6) is -0.817. The maximum atomic E-state index is 12.2. The summed E-state index contributed by atoms with van der Waals surface area (Å²) in [5.41, 5.74) is 3.96. The zero-order valence-electron chi connectivity index (χ0n) is 14.3. The highest BCUT2D eigenvalue weighted by Gasteiger charge is 2.21. The Kier molecular flexibility index (Phi) is 3.73. The van der Waals surface area contributed by atoms with Crippen LogP contribution >= 0.6 is 0 Å². The van der Waals surface area contributed by atoms with Crippen LogP contribution in [0.2, 0.25) is 0 Å². The Morgan fingerprint density at radius 3 is 1.54 bits per heavy atom. The Labute approximate surface area is 149 Å². The fourth-order valence-electron chi connectivity index (χ4n) is 3.25. The van der Waals surface area contributed by atoms with Crippen LogP contribution in [-0.4, -0.2) is 35.0 Å². The number of hydrogen-bond acceptors (Lipinski definition) is 4. The van der Waals surface area contributed by atoms with Gasteiger partial charge in [0.15, 0.2) is 0 Å². The molecule has 0 N–H and O–H groups in total. The van der Waals surface area contributed by atoms with Gasteiger partial charge in [-0.25, -0.2) is 9.59 Å². The molecular formula is C20H16N2O4. The summed E-state index contributed by atoms with van der Waals surface area (Å²) in [6, 6.07) is 14.8. The molecule has 0 spiro atoms. The van der Waals surface area contributed by atoms with Gasteiger partial charge < -0.3 is 18.3 Å². The van der Waals surface area contributed by atoms with Gasteiger partial charge in [-0.15, -0.1) is 0 Å². The fraction of sp³-hybridized carbons (Fsp3) is 0.100. The Balaban J connectivity index is 2.05. The number of esters is 2. The first kappa shape index (κ1) is 16.0. The molecule has 130 valence electrons. The molecule has 0 aliphatic rings. The molecule has 0 amide bonds. The molecule has 0 saturated heterocycles. The van der Waals surface area contributed by atoms with Crippen LogP contribution in [0, 0.1) is 0 Å². The Morgan fingerprint density at radius 2 is 1.15 bits per heavy atom. The molecule has 0 radical (unpaired) electrons. The van der Waals surface area contributed by atoms with Crippen LogP contribution in [0.25, 0.3) is 22.4 Å². The van der Waals surface area contributed by atoms with E-state index in [2.05, 4.69) is 0 Å². The van der Waals surface area contributed by atoms with Crippen molar-refractivity contribution in [3.05, 3.63) is 72.1 Å². The zero-order chi connectivity index (χ0) is 18.3. The van der Waals surface area contributed by atoms with Gasteiger partial charge in [-0.2, -0.15) is 0 Å². The number of aromatic nitrogens is 2. The lowest BCUT2D eigenvalue weighted by molar-refractivity contribution is 0.0594. The third-order valence-electron chi connectivity index (χ3n) is 4.43. The number of fused-ring (bicyclic) bond motifs is 2. The lowest BCUT2D eigenvalue weighted by Crippen LogP contribution is -1.99. The van der Waals surface area contributed by atoms with E-state index in [0.717, 1.165) is 22.4 Å². The molecule has 4 aromatic heterocycles. The van der Waals surface area contributed by atoms with Gasteiger partial charge >= 0.3 is 11.9 Å². The zero-order valence-corrected chi connectivity index (χ0v) is 14.3. The normalized spacial score (nSPS) is 11.0. The third kappa shape index (κ3) is 2.27. The van der Waals surface area contributed by atoms with Crippen molar-refractivity contribution in [3.63, 3.8) is 0 Å². The molecule has 4 aromatic rings. The molecular weight excluding hydrogens is 332 g/mol. The summed E-state index contributed by atoms with van der Waals surface area (Å²) < 4.78 is 13.6. The van der Waals surface area contributed by atoms with Crippen LogP contribution in [0.5, 0.6) is 0 Å². The molecule has 0 aromatic carbocycles. The number of carbonyl (C=O) groups excluding carboxylic acids is 2. The molecule has 0 fully saturated rings. The van der Waals surface area contributed by atoms with Crippen LogP contribution in [0.3, 0.4) is 0 Å². The van der Waals surface area contributed by atoms with Crippen LogP contribution < -0.4 is 0 Å². The highest BCUT2D eigenvalue weighted by molar-refractivity contribution is 6.01. The molecule has 4 heterocycles. The number of pyridine rings is 2. The van der Waals surface area contributed by atoms with Crippen molar-refractivity contribution in [3.8, 4) is 11.4 Å². The second-order valence-electron chi connectivity index (χ2n) is 5.78. The van der Waals surface area contributed by atoms with Crippen molar-refractivity contribution in [2.75, 3.05) is 14.2 Å². The van der Waals surface area contributed by atoms with E-state index in [4.69, 9.17) is 9.47 Å².